The van der Waals surface area contributed by atoms with Gasteiger partial charge >= 0.3 is 0 Å². The number of nitrogens with zero attached hydrogens (tertiary/aromatic N) is 2. The minimum Gasteiger partial charge on any atom is -0.392 e. The number of aliphatic hydroxyl groups is 1. The van der Waals surface area contributed by atoms with E-state index >= 15 is 0 Å². The summed E-state index contributed by atoms with van der Waals surface area (Å²) in [5.41, 5.74) is 5.19. The van der Waals surface area contributed by atoms with Gasteiger partial charge in [0.1, 0.15) is 0 Å². The van der Waals surface area contributed by atoms with Crippen LogP contribution in [-0.4, -0.2) is 65.5 Å². The van der Waals surface area contributed by atoms with Crippen molar-refractivity contribution in [3.63, 3.8) is 0 Å². The number of primary amides is 1. The number of thiophene rings is 1. The third kappa shape index (κ3) is 3.56. The van der Waals surface area contributed by atoms with E-state index in [1.807, 2.05) is 0 Å². The molecule has 0 aliphatic carbocycles. The normalized spacial score (nSPS) is 18.0. The van der Waals surface area contributed by atoms with Crippen LogP contribution in [0.15, 0.2) is 12.1 Å². The summed E-state index contributed by atoms with van der Waals surface area (Å²) in [5, 5.41) is 9.35. The Morgan fingerprint density at radius 3 is 2.40 bits per heavy atom. The highest BCUT2D eigenvalue weighted by Gasteiger charge is 2.24. The standard InChI is InChI=1S/C13H19N3O3S/c1-9(17)8-15-4-6-16(7-5-15)13(19)11-3-2-10(20-11)12(14)18/h2-3,9,17H,4-8H2,1H3,(H2,14,18)/t9-/m0/s1. The molecule has 6 nitrogen and oxygen atoms in total. The Morgan fingerprint density at radius 2 is 1.90 bits per heavy atom. The van der Waals surface area contributed by atoms with Crippen LogP contribution in [-0.2, 0) is 0 Å². The number of amides is 2. The maximum absolute atomic E-state index is 12.3. The molecule has 1 aliphatic heterocycles. The molecule has 0 radical (unpaired) electrons. The zero-order chi connectivity index (χ0) is 14.7. The molecule has 2 rings (SSSR count). The van der Waals surface area contributed by atoms with Crippen molar-refractivity contribution in [2.24, 2.45) is 5.73 Å². The molecular weight excluding hydrogens is 278 g/mol. The molecule has 0 spiro atoms. The van der Waals surface area contributed by atoms with Crippen LogP contribution in [0, 0.1) is 0 Å². The van der Waals surface area contributed by atoms with Crippen LogP contribution < -0.4 is 5.73 Å². The summed E-state index contributed by atoms with van der Waals surface area (Å²) in [6, 6.07) is 3.24. The second-order valence-electron chi connectivity index (χ2n) is 4.97. The van der Waals surface area contributed by atoms with E-state index in [4.69, 9.17) is 5.73 Å². The van der Waals surface area contributed by atoms with E-state index in [9.17, 15) is 14.7 Å². The molecule has 1 saturated heterocycles. The van der Waals surface area contributed by atoms with Gasteiger partial charge in [-0.3, -0.25) is 14.5 Å². The van der Waals surface area contributed by atoms with Gasteiger partial charge in [-0.15, -0.1) is 11.3 Å². The van der Waals surface area contributed by atoms with Crippen molar-refractivity contribution in [1.29, 1.82) is 0 Å². The van der Waals surface area contributed by atoms with Gasteiger partial charge in [0.15, 0.2) is 0 Å². The number of nitrogens with two attached hydrogens (primary N) is 1. The quantitative estimate of drug-likeness (QED) is 0.818. The summed E-state index contributed by atoms with van der Waals surface area (Å²) in [5.74, 6) is -0.560. The highest BCUT2D eigenvalue weighted by molar-refractivity contribution is 7.15. The SMILES string of the molecule is C[C@H](O)CN1CCN(C(=O)c2ccc(C(N)=O)s2)CC1. The van der Waals surface area contributed by atoms with Crippen LogP contribution in [0.4, 0.5) is 0 Å². The van der Waals surface area contributed by atoms with Crippen molar-refractivity contribution in [2.45, 2.75) is 13.0 Å². The zero-order valence-electron chi connectivity index (χ0n) is 11.4. The lowest BCUT2D eigenvalue weighted by Gasteiger charge is -2.35. The molecule has 0 bridgehead atoms. The topological polar surface area (TPSA) is 86.9 Å². The fourth-order valence-electron chi connectivity index (χ4n) is 2.25. The Balaban J connectivity index is 1.92. The predicted molar refractivity (Wildman–Crippen MR) is 76.9 cm³/mol. The number of hydrogen-bond acceptors (Lipinski definition) is 5. The Labute approximate surface area is 121 Å². The van der Waals surface area contributed by atoms with Crippen molar-refractivity contribution in [1.82, 2.24) is 9.80 Å². The highest BCUT2D eigenvalue weighted by atomic mass is 32.1. The first kappa shape index (κ1) is 15.0. The minimum absolute atomic E-state index is 0.0563. The van der Waals surface area contributed by atoms with Gasteiger partial charge in [0.2, 0.25) is 0 Å². The Hall–Kier alpha value is -1.44. The second-order valence-corrected chi connectivity index (χ2v) is 6.05. The van der Waals surface area contributed by atoms with Gasteiger partial charge in [-0.1, -0.05) is 0 Å². The van der Waals surface area contributed by atoms with Gasteiger partial charge in [0.25, 0.3) is 11.8 Å². The molecule has 1 aliphatic rings. The molecule has 1 fully saturated rings. The van der Waals surface area contributed by atoms with Gasteiger partial charge < -0.3 is 15.7 Å². The van der Waals surface area contributed by atoms with E-state index < -0.39 is 5.91 Å². The van der Waals surface area contributed by atoms with Crippen LogP contribution in [0.5, 0.6) is 0 Å². The van der Waals surface area contributed by atoms with E-state index in [1.165, 1.54) is 0 Å². The number of carbonyl (C=O) groups is 2. The van der Waals surface area contributed by atoms with Crippen molar-refractivity contribution in [3.05, 3.63) is 21.9 Å². The highest BCUT2D eigenvalue weighted by Crippen LogP contribution is 2.18. The number of aliphatic hydroxyl groups excluding tert-OH is 1. The molecule has 0 aromatic carbocycles. The van der Waals surface area contributed by atoms with Crippen LogP contribution >= 0.6 is 11.3 Å². The van der Waals surface area contributed by atoms with Gasteiger partial charge in [-0.25, -0.2) is 0 Å². The minimum atomic E-state index is -0.504. The fraction of sp³-hybridized carbons (Fsp3) is 0.538. The van der Waals surface area contributed by atoms with Crippen LogP contribution in [0.25, 0.3) is 0 Å². The lowest BCUT2D eigenvalue weighted by Crippen LogP contribution is -2.50. The van der Waals surface area contributed by atoms with Crippen LogP contribution in [0.1, 0.15) is 26.3 Å². The first-order valence-corrected chi connectivity index (χ1v) is 7.38. The first-order valence-electron chi connectivity index (χ1n) is 6.56. The molecule has 2 amide bonds. The van der Waals surface area contributed by atoms with Gasteiger partial charge in [0, 0.05) is 32.7 Å². The van der Waals surface area contributed by atoms with Gasteiger partial charge in [0.05, 0.1) is 15.9 Å². The first-order chi connectivity index (χ1) is 9.47. The third-order valence-electron chi connectivity index (χ3n) is 3.24. The van der Waals surface area contributed by atoms with Crippen LogP contribution in [0.2, 0.25) is 0 Å². The fourth-order valence-corrected chi connectivity index (χ4v) is 3.07. The number of carbonyl (C=O) groups excluding carboxylic acids is 2. The largest absolute Gasteiger partial charge is 0.392 e. The molecule has 1 aromatic heterocycles. The zero-order valence-corrected chi connectivity index (χ0v) is 12.2. The van der Waals surface area contributed by atoms with Gasteiger partial charge in [-0.05, 0) is 19.1 Å². The maximum atomic E-state index is 12.3. The second kappa shape index (κ2) is 6.34. The summed E-state index contributed by atoms with van der Waals surface area (Å²) in [6.07, 6.45) is -0.354. The summed E-state index contributed by atoms with van der Waals surface area (Å²) in [7, 11) is 0. The smallest absolute Gasteiger partial charge is 0.264 e. The monoisotopic (exact) mass is 297 g/mol. The van der Waals surface area contributed by atoms with E-state index in [-0.39, 0.29) is 12.0 Å². The molecule has 20 heavy (non-hydrogen) atoms. The summed E-state index contributed by atoms with van der Waals surface area (Å²) >= 11 is 1.13. The number of rotatable bonds is 4. The molecule has 2 heterocycles. The number of piperazine rings is 1. The molecule has 3 N–H and O–H groups in total. The number of β-amino-alcohol motifs (C(OH)–C–C–N with tert-alkyl or cyclic N) is 1. The van der Waals surface area contributed by atoms with E-state index in [2.05, 4.69) is 4.90 Å². The van der Waals surface area contributed by atoms with E-state index in [0.717, 1.165) is 24.4 Å². The summed E-state index contributed by atoms with van der Waals surface area (Å²) in [6.45, 7) is 5.17. The van der Waals surface area contributed by atoms with E-state index in [0.29, 0.717) is 29.4 Å². The molecule has 0 saturated carbocycles. The predicted octanol–water partition coefficient (Wildman–Crippen LogP) is -0.0144. The molecule has 110 valence electrons. The molecular formula is C13H19N3O3S. The molecule has 1 aromatic rings. The van der Waals surface area contributed by atoms with E-state index in [1.54, 1.807) is 24.0 Å². The average Bonchev–Trinajstić information content (AvgIpc) is 2.88. The Morgan fingerprint density at radius 1 is 1.30 bits per heavy atom. The van der Waals surface area contributed by atoms with Crippen molar-refractivity contribution < 1.29 is 14.7 Å². The molecule has 7 heteroatoms. The van der Waals surface area contributed by atoms with Gasteiger partial charge in [-0.2, -0.15) is 0 Å². The van der Waals surface area contributed by atoms with Crippen LogP contribution in [0.3, 0.4) is 0 Å². The van der Waals surface area contributed by atoms with Crippen molar-refractivity contribution in [3.8, 4) is 0 Å². The van der Waals surface area contributed by atoms with Crippen molar-refractivity contribution >= 4 is 23.2 Å². The third-order valence-corrected chi connectivity index (χ3v) is 4.33. The Bertz CT molecular complexity index is 493. The number of hydrogen-bond donors (Lipinski definition) is 2. The average molecular weight is 297 g/mol. The maximum Gasteiger partial charge on any atom is 0.264 e. The lowest BCUT2D eigenvalue weighted by molar-refractivity contribution is 0.0558. The molecule has 1 atom stereocenters. The summed E-state index contributed by atoms with van der Waals surface area (Å²) in [4.78, 5) is 28.2. The lowest BCUT2D eigenvalue weighted by atomic mass is 10.2. The molecule has 0 unspecified atom stereocenters. The van der Waals surface area contributed by atoms with Crippen molar-refractivity contribution in [2.75, 3.05) is 32.7 Å². The summed E-state index contributed by atoms with van der Waals surface area (Å²) < 4.78 is 0. The Kier molecular flexibility index (Phi) is 4.74.